The predicted molar refractivity (Wildman–Crippen MR) is 181 cm³/mol. The minimum absolute atomic E-state index is 0.0580. The van der Waals surface area contributed by atoms with Crippen molar-refractivity contribution >= 4 is 50.4 Å². The molecule has 2 aromatic carbocycles. The number of carbonyl (C=O) groups excluding carboxylic acids is 3. The molecule has 1 N–H and O–H groups in total. The zero-order valence-electron chi connectivity index (χ0n) is 26.7. The van der Waals surface area contributed by atoms with Gasteiger partial charge in [0.25, 0.3) is 0 Å². The number of hydrogen-bond donors (Lipinski definition) is 1. The number of hydrogen-bond acceptors (Lipinski definition) is 7. The van der Waals surface area contributed by atoms with E-state index in [9.17, 15) is 19.5 Å². The lowest BCUT2D eigenvalue weighted by Crippen LogP contribution is -2.60. The van der Waals surface area contributed by atoms with Crippen LogP contribution < -0.4 is 4.90 Å². The number of anilines is 1. The fourth-order valence-corrected chi connectivity index (χ4v) is 8.71. The van der Waals surface area contributed by atoms with Gasteiger partial charge in [-0.15, -0.1) is 18.3 Å². The summed E-state index contributed by atoms with van der Waals surface area (Å²) in [5.74, 6) is -2.88. The van der Waals surface area contributed by atoms with Gasteiger partial charge in [-0.3, -0.25) is 14.4 Å². The molecule has 3 aromatic rings. The number of aliphatic hydroxyl groups is 1. The Morgan fingerprint density at radius 1 is 1.13 bits per heavy atom. The first-order valence-corrected chi connectivity index (χ1v) is 17.0. The third-order valence-corrected chi connectivity index (χ3v) is 11.0. The summed E-state index contributed by atoms with van der Waals surface area (Å²) in [7, 11) is 0. The number of benzene rings is 2. The molecule has 2 bridgehead atoms. The van der Waals surface area contributed by atoms with Crippen LogP contribution in [-0.4, -0.2) is 95.9 Å². The van der Waals surface area contributed by atoms with Gasteiger partial charge in [-0.2, -0.15) is 0 Å². The molecule has 0 saturated carbocycles. The van der Waals surface area contributed by atoms with E-state index in [1.807, 2.05) is 68.4 Å². The monoisotopic (exact) mass is 704 g/mol. The molecule has 47 heavy (non-hydrogen) atoms. The number of alkyl halides is 1. The number of rotatable bonds is 13. The van der Waals surface area contributed by atoms with Crippen LogP contribution in [0.1, 0.15) is 26.7 Å². The summed E-state index contributed by atoms with van der Waals surface area (Å²) in [4.78, 5) is 48.9. The maximum absolute atomic E-state index is 15.0. The van der Waals surface area contributed by atoms with Gasteiger partial charge in [0, 0.05) is 23.6 Å². The molecule has 1 aromatic heterocycles. The highest BCUT2D eigenvalue weighted by atomic mass is 79.9. The lowest BCUT2D eigenvalue weighted by molar-refractivity contribution is -0.153. The number of amides is 3. The number of aromatic nitrogens is 3. The Hall–Kier alpha value is -3.87. The summed E-state index contributed by atoms with van der Waals surface area (Å²) >= 11 is 3.78. The Morgan fingerprint density at radius 2 is 1.83 bits per heavy atom. The summed E-state index contributed by atoms with van der Waals surface area (Å²) in [5.41, 5.74) is 0.829. The third-order valence-electron chi connectivity index (χ3n) is 10.1. The molecular weight excluding hydrogens is 664 g/mol. The molecule has 3 unspecified atom stereocenters. The summed E-state index contributed by atoms with van der Waals surface area (Å²) in [6.07, 6.45) is 3.67. The second-order valence-corrected chi connectivity index (χ2v) is 13.9. The van der Waals surface area contributed by atoms with Crippen molar-refractivity contribution in [2.45, 2.75) is 62.0 Å². The van der Waals surface area contributed by atoms with Crippen LogP contribution in [0.2, 0.25) is 0 Å². The standard InChI is InChI=1S/C35H41BrN6O5/c1-5-17-39(21-41-26-16-12-11-15-25(26)37-38-41)34(46)31-35-19-24(36)30(47-35)28(29(35)33(45)42(31)27(20-43)22(4)7-3)32(44)40(18-6-2)23-13-9-8-10-14-23/h5-6,8-16,22,24,27-31,43H,1-2,7,17-21H2,3-4H3/t22-,24?,27-,28+,29-,30+,31?,35?/m0/s1. The van der Waals surface area contributed by atoms with Crippen molar-refractivity contribution in [1.82, 2.24) is 24.8 Å². The Kier molecular flexibility index (Phi) is 9.37. The molecular formula is C35H41BrN6O5. The van der Waals surface area contributed by atoms with Crippen LogP contribution in [0.4, 0.5) is 5.69 Å². The highest BCUT2D eigenvalue weighted by Gasteiger charge is 2.77. The minimum Gasteiger partial charge on any atom is -0.394 e. The van der Waals surface area contributed by atoms with Crippen LogP contribution >= 0.6 is 15.9 Å². The van der Waals surface area contributed by atoms with E-state index in [2.05, 4.69) is 39.4 Å². The number of carbonyl (C=O) groups is 3. The van der Waals surface area contributed by atoms with E-state index in [1.54, 1.807) is 31.5 Å². The molecule has 3 aliphatic heterocycles. The number of para-hydroxylation sites is 2. The van der Waals surface area contributed by atoms with Crippen molar-refractivity contribution in [3.63, 3.8) is 0 Å². The van der Waals surface area contributed by atoms with E-state index in [0.29, 0.717) is 24.0 Å². The van der Waals surface area contributed by atoms with E-state index < -0.39 is 35.6 Å². The fraction of sp³-hybridized carbons (Fsp3) is 0.457. The average molecular weight is 706 g/mol. The molecule has 1 spiro atoms. The fourth-order valence-electron chi connectivity index (χ4n) is 7.77. The van der Waals surface area contributed by atoms with Crippen LogP contribution in [0, 0.1) is 17.8 Å². The van der Waals surface area contributed by atoms with Gasteiger partial charge in [0.05, 0.1) is 36.1 Å². The molecule has 11 nitrogen and oxygen atoms in total. The number of nitrogens with zero attached hydrogens (tertiary/aromatic N) is 6. The average Bonchev–Trinajstić information content (AvgIpc) is 3.81. The summed E-state index contributed by atoms with van der Waals surface area (Å²) < 4.78 is 8.44. The lowest BCUT2D eigenvalue weighted by Gasteiger charge is -2.40. The smallest absolute Gasteiger partial charge is 0.250 e. The van der Waals surface area contributed by atoms with Crippen molar-refractivity contribution < 1.29 is 24.2 Å². The van der Waals surface area contributed by atoms with Crippen molar-refractivity contribution in [1.29, 1.82) is 0 Å². The highest BCUT2D eigenvalue weighted by Crippen LogP contribution is 2.61. The van der Waals surface area contributed by atoms with Crippen molar-refractivity contribution in [2.24, 2.45) is 17.8 Å². The van der Waals surface area contributed by atoms with E-state index in [1.165, 1.54) is 0 Å². The Balaban J connectivity index is 1.44. The Bertz CT molecular complexity index is 1670. The van der Waals surface area contributed by atoms with E-state index in [-0.39, 0.29) is 54.8 Å². The van der Waals surface area contributed by atoms with Crippen LogP contribution in [0.25, 0.3) is 11.0 Å². The number of fused-ring (bicyclic) bond motifs is 2. The van der Waals surface area contributed by atoms with Crippen LogP contribution in [0.15, 0.2) is 79.9 Å². The van der Waals surface area contributed by atoms with Gasteiger partial charge in [0.1, 0.15) is 23.8 Å². The van der Waals surface area contributed by atoms with Crippen molar-refractivity contribution in [2.75, 3.05) is 24.6 Å². The molecule has 3 fully saturated rings. The SMILES string of the molecule is C=CCN(Cn1nnc2ccccc21)C(=O)C1N([C@@H](CO)[C@@H](C)CC)C(=O)[C@@H]2[C@@H](C(=O)N(CC=C)c3ccccc3)[C@@H]3OC12CC3Br. The molecule has 4 heterocycles. The molecule has 3 aliphatic rings. The first kappa shape index (κ1) is 33.0. The van der Waals surface area contributed by atoms with Crippen molar-refractivity contribution in [3.05, 3.63) is 79.9 Å². The predicted octanol–water partition coefficient (Wildman–Crippen LogP) is 3.78. The van der Waals surface area contributed by atoms with Gasteiger partial charge >= 0.3 is 0 Å². The maximum Gasteiger partial charge on any atom is 0.250 e. The number of aliphatic hydroxyl groups excluding tert-OH is 1. The molecule has 0 aliphatic carbocycles. The molecule has 8 atom stereocenters. The Labute approximate surface area is 283 Å². The first-order chi connectivity index (χ1) is 22.7. The molecule has 0 radical (unpaired) electrons. The number of ether oxygens (including phenoxy) is 1. The first-order valence-electron chi connectivity index (χ1n) is 16.1. The van der Waals surface area contributed by atoms with Crippen LogP contribution in [0.5, 0.6) is 0 Å². The highest BCUT2D eigenvalue weighted by molar-refractivity contribution is 9.09. The Morgan fingerprint density at radius 3 is 2.51 bits per heavy atom. The molecule has 248 valence electrons. The summed E-state index contributed by atoms with van der Waals surface area (Å²) in [6, 6.07) is 15.0. The van der Waals surface area contributed by atoms with Gasteiger partial charge in [-0.1, -0.05) is 83.9 Å². The zero-order chi connectivity index (χ0) is 33.5. The lowest BCUT2D eigenvalue weighted by atomic mass is 9.70. The van der Waals surface area contributed by atoms with Gasteiger partial charge in [-0.25, -0.2) is 4.68 Å². The maximum atomic E-state index is 15.0. The molecule has 6 rings (SSSR count). The van der Waals surface area contributed by atoms with Gasteiger partial charge < -0.3 is 24.5 Å². The minimum atomic E-state index is -1.30. The van der Waals surface area contributed by atoms with Gasteiger partial charge in [0.2, 0.25) is 17.7 Å². The molecule has 3 amide bonds. The van der Waals surface area contributed by atoms with E-state index in [4.69, 9.17) is 4.74 Å². The number of halogens is 1. The third kappa shape index (κ3) is 5.40. The topological polar surface area (TPSA) is 121 Å². The van der Waals surface area contributed by atoms with Crippen LogP contribution in [0.3, 0.4) is 0 Å². The second-order valence-electron chi connectivity index (χ2n) is 12.7. The van der Waals surface area contributed by atoms with E-state index in [0.717, 1.165) is 5.52 Å². The molecule has 12 heteroatoms. The summed E-state index contributed by atoms with van der Waals surface area (Å²) in [6.45, 7) is 11.8. The largest absolute Gasteiger partial charge is 0.394 e. The van der Waals surface area contributed by atoms with E-state index >= 15 is 0 Å². The van der Waals surface area contributed by atoms with Gasteiger partial charge in [-0.05, 0) is 36.6 Å². The molecule has 3 saturated heterocycles. The second kappa shape index (κ2) is 13.3. The quantitative estimate of drug-likeness (QED) is 0.212. The summed E-state index contributed by atoms with van der Waals surface area (Å²) in [5, 5.41) is 19.3. The van der Waals surface area contributed by atoms with Crippen molar-refractivity contribution in [3.8, 4) is 0 Å². The van der Waals surface area contributed by atoms with Gasteiger partial charge in [0.15, 0.2) is 0 Å². The number of likely N-dealkylation sites (tertiary alicyclic amines) is 1. The normalized spacial score (nSPS) is 27.4. The van der Waals surface area contributed by atoms with Crippen LogP contribution in [-0.2, 0) is 25.8 Å². The zero-order valence-corrected chi connectivity index (χ0v) is 28.3.